The molecule has 5 heteroatoms. The van der Waals surface area contributed by atoms with E-state index < -0.39 is 0 Å². The van der Waals surface area contributed by atoms with Crippen molar-refractivity contribution in [2.45, 2.75) is 25.8 Å². The van der Waals surface area contributed by atoms with Gasteiger partial charge in [-0.15, -0.1) is 0 Å². The molecule has 0 saturated carbocycles. The number of rotatable bonds is 8. The van der Waals surface area contributed by atoms with Crippen LogP contribution >= 0.6 is 12.2 Å². The van der Waals surface area contributed by atoms with Gasteiger partial charge in [-0.05, 0) is 38.9 Å². The van der Waals surface area contributed by atoms with Crippen LogP contribution in [0.25, 0.3) is 0 Å². The van der Waals surface area contributed by atoms with Gasteiger partial charge in [0.2, 0.25) is 0 Å². The summed E-state index contributed by atoms with van der Waals surface area (Å²) in [6, 6.07) is 4.87. The van der Waals surface area contributed by atoms with E-state index in [0.29, 0.717) is 17.7 Å². The summed E-state index contributed by atoms with van der Waals surface area (Å²) < 4.78 is 13.8. The third kappa shape index (κ3) is 5.63. The lowest BCUT2D eigenvalue weighted by atomic mass is 10.1. The topological polar surface area (TPSA) is 49.5 Å². The Hall–Kier alpha value is -1.04. The highest BCUT2D eigenvalue weighted by molar-refractivity contribution is 7.80. The van der Waals surface area contributed by atoms with Crippen LogP contribution in [0.15, 0.2) is 18.2 Å². The van der Waals surface area contributed by atoms with Crippen LogP contribution in [-0.4, -0.2) is 35.2 Å². The number of aliphatic hydroxyl groups excluding tert-OH is 1. The molecule has 0 aliphatic carbocycles. The van der Waals surface area contributed by atoms with E-state index in [9.17, 15) is 4.39 Å². The predicted molar refractivity (Wildman–Crippen MR) is 79.6 cm³/mol. The maximum Gasteiger partial charge on any atom is 0.128 e. The first-order valence-corrected chi connectivity index (χ1v) is 6.83. The van der Waals surface area contributed by atoms with Crippen LogP contribution in [0.4, 0.5) is 4.39 Å². The molecule has 0 radical (unpaired) electrons. The van der Waals surface area contributed by atoms with Gasteiger partial charge in [0.25, 0.3) is 0 Å². The normalized spacial score (nSPS) is 10.9. The number of aliphatic hydroxyl groups is 1. The highest BCUT2D eigenvalue weighted by Crippen LogP contribution is 2.13. The van der Waals surface area contributed by atoms with Gasteiger partial charge >= 0.3 is 0 Å². The maximum atomic E-state index is 13.8. The van der Waals surface area contributed by atoms with Crippen molar-refractivity contribution in [1.29, 1.82) is 0 Å². The number of hydrogen-bond donors (Lipinski definition) is 2. The van der Waals surface area contributed by atoms with Gasteiger partial charge in [-0.2, -0.15) is 0 Å². The Balaban J connectivity index is 2.50. The summed E-state index contributed by atoms with van der Waals surface area (Å²) in [5.41, 5.74) is 6.66. The lowest BCUT2D eigenvalue weighted by Crippen LogP contribution is -2.20. The number of benzene rings is 1. The predicted octanol–water partition coefficient (Wildman–Crippen LogP) is 2.05. The van der Waals surface area contributed by atoms with Crippen LogP contribution in [-0.2, 0) is 6.54 Å². The first-order chi connectivity index (χ1) is 9.04. The molecule has 3 nitrogen and oxygen atoms in total. The van der Waals surface area contributed by atoms with Crippen molar-refractivity contribution in [3.63, 3.8) is 0 Å². The summed E-state index contributed by atoms with van der Waals surface area (Å²) in [7, 11) is 1.96. The average molecular weight is 284 g/mol. The standard InChI is InChI=1S/C14H21FN2OS/c1-17(7-3-2-4-8-18)10-12-6-5-11(14(16)19)9-13(12)15/h5-6,9,18H,2-4,7-8,10H2,1H3,(H2,16,19). The zero-order chi connectivity index (χ0) is 14.3. The molecule has 106 valence electrons. The molecule has 0 aromatic heterocycles. The molecule has 0 bridgehead atoms. The largest absolute Gasteiger partial charge is 0.396 e. The van der Waals surface area contributed by atoms with Crippen LogP contribution in [0.1, 0.15) is 30.4 Å². The van der Waals surface area contributed by atoms with Gasteiger partial charge in [0.15, 0.2) is 0 Å². The Labute approximate surface area is 119 Å². The summed E-state index contributed by atoms with van der Waals surface area (Å²) in [6.07, 6.45) is 2.82. The molecule has 1 aromatic carbocycles. The minimum Gasteiger partial charge on any atom is -0.396 e. The molecule has 1 rings (SSSR count). The van der Waals surface area contributed by atoms with E-state index in [1.165, 1.54) is 6.07 Å². The van der Waals surface area contributed by atoms with Gasteiger partial charge in [-0.25, -0.2) is 4.39 Å². The van der Waals surface area contributed by atoms with Gasteiger partial charge in [0.1, 0.15) is 10.8 Å². The SMILES string of the molecule is CN(CCCCCO)Cc1ccc(C(N)=S)cc1F. The lowest BCUT2D eigenvalue weighted by molar-refractivity contribution is 0.270. The monoisotopic (exact) mass is 284 g/mol. The highest BCUT2D eigenvalue weighted by Gasteiger charge is 2.07. The van der Waals surface area contributed by atoms with Gasteiger partial charge < -0.3 is 15.7 Å². The number of nitrogens with zero attached hydrogens (tertiary/aromatic N) is 1. The first-order valence-electron chi connectivity index (χ1n) is 6.42. The van der Waals surface area contributed by atoms with Crippen LogP contribution in [0.5, 0.6) is 0 Å². The van der Waals surface area contributed by atoms with Gasteiger partial charge in [0, 0.05) is 24.3 Å². The molecule has 0 unspecified atom stereocenters. The van der Waals surface area contributed by atoms with Crippen molar-refractivity contribution in [3.8, 4) is 0 Å². The Bertz CT molecular complexity index is 426. The van der Waals surface area contributed by atoms with Gasteiger partial charge in [-0.1, -0.05) is 24.4 Å². The zero-order valence-corrected chi connectivity index (χ0v) is 12.0. The molecule has 0 spiro atoms. The van der Waals surface area contributed by atoms with Crippen molar-refractivity contribution < 1.29 is 9.50 Å². The maximum absolute atomic E-state index is 13.8. The molecule has 0 aliphatic rings. The molecule has 0 amide bonds. The smallest absolute Gasteiger partial charge is 0.128 e. The summed E-state index contributed by atoms with van der Waals surface area (Å²) in [4.78, 5) is 2.28. The molecule has 0 aliphatic heterocycles. The zero-order valence-electron chi connectivity index (χ0n) is 11.2. The average Bonchev–Trinajstić information content (AvgIpc) is 2.37. The van der Waals surface area contributed by atoms with Crippen molar-refractivity contribution in [2.75, 3.05) is 20.2 Å². The summed E-state index contributed by atoms with van der Waals surface area (Å²) in [5, 5.41) is 8.69. The van der Waals surface area contributed by atoms with Crippen LogP contribution < -0.4 is 5.73 Å². The Morgan fingerprint density at radius 3 is 2.68 bits per heavy atom. The van der Waals surface area contributed by atoms with Crippen molar-refractivity contribution >= 4 is 17.2 Å². The minimum atomic E-state index is -0.271. The van der Waals surface area contributed by atoms with E-state index in [2.05, 4.69) is 4.90 Å². The van der Waals surface area contributed by atoms with Gasteiger partial charge in [-0.3, -0.25) is 0 Å². The van der Waals surface area contributed by atoms with Gasteiger partial charge in [0.05, 0.1) is 0 Å². The number of nitrogens with two attached hydrogens (primary N) is 1. The van der Waals surface area contributed by atoms with Crippen LogP contribution in [0.3, 0.4) is 0 Å². The quantitative estimate of drug-likeness (QED) is 0.567. The lowest BCUT2D eigenvalue weighted by Gasteiger charge is -2.17. The molecule has 0 atom stereocenters. The third-order valence-corrected chi connectivity index (χ3v) is 3.21. The number of hydrogen-bond acceptors (Lipinski definition) is 3. The van der Waals surface area contributed by atoms with E-state index in [-0.39, 0.29) is 17.4 Å². The first kappa shape index (κ1) is 16.0. The van der Waals surface area contributed by atoms with Crippen molar-refractivity contribution in [3.05, 3.63) is 35.1 Å². The molecule has 0 saturated heterocycles. The van der Waals surface area contributed by atoms with Crippen LogP contribution in [0.2, 0.25) is 0 Å². The molecular weight excluding hydrogens is 263 g/mol. The molecule has 0 heterocycles. The third-order valence-electron chi connectivity index (χ3n) is 2.98. The fourth-order valence-electron chi connectivity index (χ4n) is 1.87. The number of thiocarbonyl (C=S) groups is 1. The Morgan fingerprint density at radius 2 is 2.11 bits per heavy atom. The second-order valence-electron chi connectivity index (χ2n) is 4.69. The highest BCUT2D eigenvalue weighted by atomic mass is 32.1. The van der Waals surface area contributed by atoms with E-state index in [1.807, 2.05) is 7.05 Å². The second-order valence-corrected chi connectivity index (χ2v) is 5.13. The fraction of sp³-hybridized carbons (Fsp3) is 0.500. The second kappa shape index (κ2) is 8.19. The van der Waals surface area contributed by atoms with E-state index in [4.69, 9.17) is 23.1 Å². The summed E-state index contributed by atoms with van der Waals surface area (Å²) >= 11 is 4.82. The molecule has 19 heavy (non-hydrogen) atoms. The van der Waals surface area contributed by atoms with E-state index in [0.717, 1.165) is 25.8 Å². The number of halogens is 1. The number of unbranched alkanes of at least 4 members (excludes halogenated alkanes) is 2. The Kier molecular flexibility index (Phi) is 6.91. The minimum absolute atomic E-state index is 0.211. The van der Waals surface area contributed by atoms with E-state index in [1.54, 1.807) is 12.1 Å². The fourth-order valence-corrected chi connectivity index (χ4v) is 2.00. The van der Waals surface area contributed by atoms with Crippen LogP contribution in [0, 0.1) is 5.82 Å². The molecule has 3 N–H and O–H groups in total. The Morgan fingerprint density at radius 1 is 1.37 bits per heavy atom. The summed E-state index contributed by atoms with van der Waals surface area (Å²) in [6.45, 7) is 1.68. The molecular formula is C14H21FN2OS. The van der Waals surface area contributed by atoms with Crippen molar-refractivity contribution in [2.24, 2.45) is 5.73 Å². The molecule has 1 aromatic rings. The van der Waals surface area contributed by atoms with E-state index >= 15 is 0 Å². The van der Waals surface area contributed by atoms with Crippen molar-refractivity contribution in [1.82, 2.24) is 4.90 Å². The summed E-state index contributed by atoms with van der Waals surface area (Å²) in [5.74, 6) is -0.271. The molecule has 0 fully saturated rings.